The first-order chi connectivity index (χ1) is 15.2. The molecule has 3 rings (SSSR count). The lowest BCUT2D eigenvalue weighted by Crippen LogP contribution is -2.47. The molecule has 2 heterocycles. The van der Waals surface area contributed by atoms with E-state index in [-0.39, 0.29) is 0 Å². The molecule has 1 aromatic rings. The van der Waals surface area contributed by atoms with E-state index in [9.17, 15) is 0 Å². The Balaban J connectivity index is 1.28. The van der Waals surface area contributed by atoms with Crippen LogP contribution in [0, 0.1) is 6.92 Å². The Bertz CT molecular complexity index is 653. The molecule has 2 saturated heterocycles. The quantitative estimate of drug-likeness (QED) is 0.335. The summed E-state index contributed by atoms with van der Waals surface area (Å²) >= 11 is 0. The molecule has 1 aromatic carbocycles. The van der Waals surface area contributed by atoms with Crippen molar-refractivity contribution in [3.05, 3.63) is 29.8 Å². The maximum atomic E-state index is 5.41. The third-order valence-corrected chi connectivity index (χ3v) is 6.03. The molecule has 7 nitrogen and oxygen atoms in total. The molecule has 31 heavy (non-hydrogen) atoms. The van der Waals surface area contributed by atoms with Crippen LogP contribution in [0.5, 0.6) is 0 Å². The zero-order valence-corrected chi connectivity index (χ0v) is 19.6. The average Bonchev–Trinajstić information content (AvgIpc) is 2.80. The zero-order chi connectivity index (χ0) is 21.7. The van der Waals surface area contributed by atoms with Gasteiger partial charge in [0.1, 0.15) is 0 Å². The van der Waals surface area contributed by atoms with Crippen LogP contribution < -0.4 is 15.5 Å². The number of ether oxygens (including phenoxy) is 1. The number of guanidine groups is 1. The van der Waals surface area contributed by atoms with Gasteiger partial charge in [-0.3, -0.25) is 14.8 Å². The van der Waals surface area contributed by atoms with Crippen molar-refractivity contribution in [2.45, 2.75) is 26.7 Å². The molecule has 0 amide bonds. The van der Waals surface area contributed by atoms with E-state index in [1.54, 1.807) is 0 Å². The van der Waals surface area contributed by atoms with Gasteiger partial charge in [0.05, 0.1) is 13.2 Å². The molecular weight excluding hydrogens is 388 g/mol. The number of nitrogens with zero attached hydrogens (tertiary/aromatic N) is 4. The van der Waals surface area contributed by atoms with Gasteiger partial charge in [0.2, 0.25) is 0 Å². The number of benzene rings is 1. The number of aryl methyl sites for hydroxylation is 1. The molecule has 0 atom stereocenters. The topological polar surface area (TPSA) is 55.4 Å². The highest BCUT2D eigenvalue weighted by Crippen LogP contribution is 2.17. The van der Waals surface area contributed by atoms with E-state index in [1.165, 1.54) is 11.3 Å². The number of piperazine rings is 1. The summed E-state index contributed by atoms with van der Waals surface area (Å²) in [6, 6.07) is 8.86. The van der Waals surface area contributed by atoms with Crippen LogP contribution in [0.15, 0.2) is 29.3 Å². The number of aliphatic imine (C=N–C) groups is 1. The fourth-order valence-corrected chi connectivity index (χ4v) is 4.22. The maximum absolute atomic E-state index is 5.41. The van der Waals surface area contributed by atoms with Crippen molar-refractivity contribution < 1.29 is 4.74 Å². The van der Waals surface area contributed by atoms with E-state index in [0.717, 1.165) is 104 Å². The van der Waals surface area contributed by atoms with E-state index in [0.29, 0.717) is 0 Å². The van der Waals surface area contributed by atoms with Crippen LogP contribution in [0.2, 0.25) is 0 Å². The average molecular weight is 431 g/mol. The lowest BCUT2D eigenvalue weighted by molar-refractivity contribution is 0.0377. The van der Waals surface area contributed by atoms with E-state index >= 15 is 0 Å². The van der Waals surface area contributed by atoms with Gasteiger partial charge in [0, 0.05) is 71.1 Å². The van der Waals surface area contributed by atoms with E-state index in [4.69, 9.17) is 9.73 Å². The van der Waals surface area contributed by atoms with E-state index in [1.807, 2.05) is 0 Å². The Morgan fingerprint density at radius 2 is 1.71 bits per heavy atom. The van der Waals surface area contributed by atoms with Crippen LogP contribution in [-0.4, -0.2) is 101 Å². The molecule has 0 aliphatic carbocycles. The first-order valence-corrected chi connectivity index (χ1v) is 12.1. The van der Waals surface area contributed by atoms with Crippen molar-refractivity contribution in [2.75, 3.05) is 90.1 Å². The maximum Gasteiger partial charge on any atom is 0.191 e. The summed E-state index contributed by atoms with van der Waals surface area (Å²) in [5.41, 5.74) is 2.70. The van der Waals surface area contributed by atoms with Crippen molar-refractivity contribution in [2.24, 2.45) is 4.99 Å². The zero-order valence-electron chi connectivity index (χ0n) is 19.6. The smallest absolute Gasteiger partial charge is 0.191 e. The normalized spacial score (nSPS) is 18.9. The van der Waals surface area contributed by atoms with Gasteiger partial charge >= 0.3 is 0 Å². The summed E-state index contributed by atoms with van der Waals surface area (Å²) in [5, 5.41) is 6.88. The van der Waals surface area contributed by atoms with Crippen molar-refractivity contribution in [3.8, 4) is 0 Å². The molecular formula is C24H42N6O. The minimum atomic E-state index is 0.869. The predicted octanol–water partition coefficient (Wildman–Crippen LogP) is 1.78. The molecule has 174 valence electrons. The van der Waals surface area contributed by atoms with Crippen molar-refractivity contribution in [1.29, 1.82) is 0 Å². The van der Waals surface area contributed by atoms with E-state index < -0.39 is 0 Å². The van der Waals surface area contributed by atoms with Gasteiger partial charge in [0.25, 0.3) is 0 Å². The Morgan fingerprint density at radius 3 is 2.45 bits per heavy atom. The second-order valence-electron chi connectivity index (χ2n) is 8.52. The summed E-state index contributed by atoms with van der Waals surface area (Å²) < 4.78 is 5.41. The first kappa shape index (κ1) is 23.8. The number of hydrogen-bond acceptors (Lipinski definition) is 5. The van der Waals surface area contributed by atoms with Gasteiger partial charge in [0.15, 0.2) is 5.96 Å². The molecule has 2 N–H and O–H groups in total. The molecule has 0 aromatic heterocycles. The Kier molecular flexibility index (Phi) is 10.4. The highest BCUT2D eigenvalue weighted by Gasteiger charge is 2.16. The summed E-state index contributed by atoms with van der Waals surface area (Å²) in [6.07, 6.45) is 2.24. The molecule has 0 unspecified atom stereocenters. The van der Waals surface area contributed by atoms with Gasteiger partial charge in [-0.1, -0.05) is 12.1 Å². The van der Waals surface area contributed by atoms with Gasteiger partial charge in [-0.05, 0) is 50.9 Å². The summed E-state index contributed by atoms with van der Waals surface area (Å²) in [4.78, 5) is 12.3. The fraction of sp³-hybridized carbons (Fsp3) is 0.708. The molecule has 0 spiro atoms. The Labute approximate surface area is 188 Å². The van der Waals surface area contributed by atoms with Crippen LogP contribution in [0.25, 0.3) is 0 Å². The second-order valence-corrected chi connectivity index (χ2v) is 8.52. The number of rotatable bonds is 10. The summed E-state index contributed by atoms with van der Waals surface area (Å²) in [7, 11) is 0. The SMILES string of the molecule is CCNC(=NCCCN1CCOCC1)NCCCN1CCN(c2cccc(C)c2)CC1. The van der Waals surface area contributed by atoms with Gasteiger partial charge in [-0.25, -0.2) is 0 Å². The highest BCUT2D eigenvalue weighted by molar-refractivity contribution is 5.79. The number of nitrogens with one attached hydrogen (secondary N) is 2. The monoisotopic (exact) mass is 430 g/mol. The van der Waals surface area contributed by atoms with E-state index in [2.05, 4.69) is 63.4 Å². The largest absolute Gasteiger partial charge is 0.379 e. The lowest BCUT2D eigenvalue weighted by Gasteiger charge is -2.36. The van der Waals surface area contributed by atoms with Crippen molar-refractivity contribution in [3.63, 3.8) is 0 Å². The van der Waals surface area contributed by atoms with Gasteiger partial charge in [-0.2, -0.15) is 0 Å². The molecule has 0 radical (unpaired) electrons. The van der Waals surface area contributed by atoms with Gasteiger partial charge in [-0.15, -0.1) is 0 Å². The van der Waals surface area contributed by atoms with Crippen LogP contribution >= 0.6 is 0 Å². The minimum absolute atomic E-state index is 0.869. The third-order valence-electron chi connectivity index (χ3n) is 6.03. The molecule has 2 fully saturated rings. The van der Waals surface area contributed by atoms with Crippen molar-refractivity contribution in [1.82, 2.24) is 20.4 Å². The Morgan fingerprint density at radius 1 is 0.968 bits per heavy atom. The first-order valence-electron chi connectivity index (χ1n) is 12.1. The number of morpholine rings is 1. The standard InChI is InChI=1S/C24H42N6O/c1-3-25-24(27-10-6-12-29-17-19-31-20-18-29)26-9-5-11-28-13-15-30(16-14-28)23-8-4-7-22(2)21-23/h4,7-8,21H,3,5-6,9-20H2,1-2H3,(H2,25,26,27). The molecule has 0 saturated carbocycles. The second kappa shape index (κ2) is 13.6. The van der Waals surface area contributed by atoms with Crippen LogP contribution in [0.1, 0.15) is 25.3 Å². The Hall–Kier alpha value is -1.83. The predicted molar refractivity (Wildman–Crippen MR) is 130 cm³/mol. The van der Waals surface area contributed by atoms with Crippen molar-refractivity contribution >= 4 is 11.6 Å². The fourth-order valence-electron chi connectivity index (χ4n) is 4.22. The summed E-state index contributed by atoms with van der Waals surface area (Å²) in [6.45, 7) is 17.6. The molecule has 2 aliphatic heterocycles. The number of anilines is 1. The molecule has 7 heteroatoms. The van der Waals surface area contributed by atoms with Gasteiger partial charge < -0.3 is 20.3 Å². The number of hydrogen-bond donors (Lipinski definition) is 2. The highest BCUT2D eigenvalue weighted by atomic mass is 16.5. The van der Waals surface area contributed by atoms with Crippen LogP contribution in [0.4, 0.5) is 5.69 Å². The molecule has 2 aliphatic rings. The summed E-state index contributed by atoms with van der Waals surface area (Å²) in [5.74, 6) is 0.953. The third kappa shape index (κ3) is 8.67. The van der Waals surface area contributed by atoms with Crippen LogP contribution in [-0.2, 0) is 4.74 Å². The lowest BCUT2D eigenvalue weighted by atomic mass is 10.2. The minimum Gasteiger partial charge on any atom is -0.379 e. The molecule has 0 bridgehead atoms. The van der Waals surface area contributed by atoms with Crippen LogP contribution in [0.3, 0.4) is 0 Å².